The van der Waals surface area contributed by atoms with Crippen molar-refractivity contribution in [3.05, 3.63) is 89.4 Å². The van der Waals surface area contributed by atoms with Crippen molar-refractivity contribution in [2.45, 2.75) is 11.8 Å². The van der Waals surface area contributed by atoms with Crippen molar-refractivity contribution >= 4 is 38.9 Å². The molecular weight excluding hydrogens is 408 g/mol. The average Bonchev–Trinajstić information content (AvgIpc) is 2.73. The van der Waals surface area contributed by atoms with Crippen LogP contribution < -0.4 is 9.21 Å². The lowest BCUT2D eigenvalue weighted by Crippen LogP contribution is -2.41. The van der Waals surface area contributed by atoms with Gasteiger partial charge in [-0.1, -0.05) is 47.5 Å². The van der Waals surface area contributed by atoms with Crippen molar-refractivity contribution in [3.63, 3.8) is 0 Å². The summed E-state index contributed by atoms with van der Waals surface area (Å²) in [6, 6.07) is 22.0. The third-order valence-electron chi connectivity index (χ3n) is 4.52. The zero-order valence-electron chi connectivity index (χ0n) is 16.1. The van der Waals surface area contributed by atoms with E-state index in [-0.39, 0.29) is 17.3 Å². The number of likely N-dealkylation sites (N-methyl/N-ethyl adjacent to an activating group) is 1. The molecule has 0 radical (unpaired) electrons. The summed E-state index contributed by atoms with van der Waals surface area (Å²) in [5.74, 6) is -0.352. The number of benzene rings is 3. The van der Waals surface area contributed by atoms with Gasteiger partial charge in [-0.15, -0.1) is 0 Å². The van der Waals surface area contributed by atoms with Gasteiger partial charge in [0, 0.05) is 17.8 Å². The maximum absolute atomic E-state index is 13.3. The number of rotatable bonds is 6. The van der Waals surface area contributed by atoms with Gasteiger partial charge in [0.05, 0.1) is 10.6 Å². The highest BCUT2D eigenvalue weighted by atomic mass is 35.5. The fourth-order valence-corrected chi connectivity index (χ4v) is 4.32. The van der Waals surface area contributed by atoms with Crippen LogP contribution in [0.25, 0.3) is 0 Å². The first-order valence-corrected chi connectivity index (χ1v) is 10.8. The van der Waals surface area contributed by atoms with E-state index in [9.17, 15) is 13.2 Å². The molecular formula is C22H21ClN2O3S. The Morgan fingerprint density at radius 3 is 2.03 bits per heavy atom. The number of nitrogens with zero attached hydrogens (tertiary/aromatic N) is 2. The van der Waals surface area contributed by atoms with Crippen molar-refractivity contribution in [2.24, 2.45) is 0 Å². The van der Waals surface area contributed by atoms with Crippen LogP contribution in [-0.2, 0) is 14.8 Å². The molecule has 0 aliphatic carbocycles. The van der Waals surface area contributed by atoms with E-state index >= 15 is 0 Å². The van der Waals surface area contributed by atoms with Gasteiger partial charge in [-0.3, -0.25) is 9.10 Å². The summed E-state index contributed by atoms with van der Waals surface area (Å²) in [7, 11) is -2.34. The van der Waals surface area contributed by atoms with Crippen molar-refractivity contribution in [1.29, 1.82) is 0 Å². The van der Waals surface area contributed by atoms with Crippen LogP contribution in [-0.4, -0.2) is 27.9 Å². The second-order valence-electron chi connectivity index (χ2n) is 6.59. The Kier molecular flexibility index (Phi) is 6.25. The highest BCUT2D eigenvalue weighted by molar-refractivity contribution is 7.92. The normalized spacial score (nSPS) is 11.1. The Hall–Kier alpha value is -2.83. The molecule has 0 unspecified atom stereocenters. The molecule has 0 atom stereocenters. The lowest BCUT2D eigenvalue weighted by molar-refractivity contribution is -0.116. The highest BCUT2D eigenvalue weighted by Gasteiger charge is 2.28. The molecule has 5 nitrogen and oxygen atoms in total. The van der Waals surface area contributed by atoms with Crippen molar-refractivity contribution in [3.8, 4) is 0 Å². The van der Waals surface area contributed by atoms with Crippen LogP contribution in [0.4, 0.5) is 11.4 Å². The van der Waals surface area contributed by atoms with Crippen molar-refractivity contribution in [1.82, 2.24) is 0 Å². The molecule has 0 bridgehead atoms. The number of halogens is 1. The number of carbonyl (C=O) groups excluding carboxylic acids is 1. The lowest BCUT2D eigenvalue weighted by Gasteiger charge is -2.27. The maximum Gasteiger partial charge on any atom is 0.264 e. The molecule has 0 aromatic heterocycles. The number of hydrogen-bond donors (Lipinski definition) is 0. The van der Waals surface area contributed by atoms with Crippen LogP contribution in [0.1, 0.15) is 5.56 Å². The predicted octanol–water partition coefficient (Wildman–Crippen LogP) is 4.51. The Balaban J connectivity index is 1.98. The molecule has 0 saturated heterocycles. The monoisotopic (exact) mass is 428 g/mol. The number of para-hydroxylation sites is 1. The molecule has 29 heavy (non-hydrogen) atoms. The zero-order valence-corrected chi connectivity index (χ0v) is 17.7. The number of aryl methyl sites for hydroxylation is 1. The van der Waals surface area contributed by atoms with Gasteiger partial charge < -0.3 is 4.90 Å². The van der Waals surface area contributed by atoms with E-state index in [2.05, 4.69) is 0 Å². The van der Waals surface area contributed by atoms with Crippen LogP contribution in [0.3, 0.4) is 0 Å². The van der Waals surface area contributed by atoms with E-state index in [1.165, 1.54) is 29.2 Å². The average molecular weight is 429 g/mol. The van der Waals surface area contributed by atoms with Gasteiger partial charge in [-0.25, -0.2) is 8.42 Å². The Morgan fingerprint density at radius 1 is 0.862 bits per heavy atom. The molecule has 3 rings (SSSR count). The molecule has 1 amide bonds. The molecule has 0 heterocycles. The highest BCUT2D eigenvalue weighted by Crippen LogP contribution is 2.25. The fraction of sp³-hybridized carbons (Fsp3) is 0.136. The molecule has 0 fully saturated rings. The van der Waals surface area contributed by atoms with Crippen LogP contribution in [0.5, 0.6) is 0 Å². The van der Waals surface area contributed by atoms with Gasteiger partial charge in [-0.05, 0) is 55.5 Å². The SMILES string of the molecule is Cc1ccc(N(CC(=O)N(C)c2ccccc2)S(=O)(=O)c2ccc(Cl)cc2)cc1. The first-order chi connectivity index (χ1) is 13.8. The van der Waals surface area contributed by atoms with E-state index in [1.807, 2.05) is 37.3 Å². The summed E-state index contributed by atoms with van der Waals surface area (Å²) >= 11 is 5.90. The van der Waals surface area contributed by atoms with E-state index in [0.717, 1.165) is 9.87 Å². The van der Waals surface area contributed by atoms with E-state index < -0.39 is 10.0 Å². The molecule has 3 aromatic carbocycles. The molecule has 0 N–H and O–H groups in total. The van der Waals surface area contributed by atoms with Gasteiger partial charge in [0.15, 0.2) is 0 Å². The van der Waals surface area contributed by atoms with Gasteiger partial charge in [0.25, 0.3) is 10.0 Å². The second-order valence-corrected chi connectivity index (χ2v) is 8.89. The third kappa shape index (κ3) is 4.78. The quantitative estimate of drug-likeness (QED) is 0.580. The smallest absolute Gasteiger partial charge is 0.264 e. The second kappa shape index (κ2) is 8.68. The number of sulfonamides is 1. The summed E-state index contributed by atoms with van der Waals surface area (Å²) in [5.41, 5.74) is 2.09. The number of amides is 1. The summed E-state index contributed by atoms with van der Waals surface area (Å²) in [4.78, 5) is 14.4. The maximum atomic E-state index is 13.3. The molecule has 150 valence electrons. The molecule has 3 aromatic rings. The number of hydrogen-bond acceptors (Lipinski definition) is 3. The molecule has 0 aliphatic heterocycles. The summed E-state index contributed by atoms with van der Waals surface area (Å²) in [6.07, 6.45) is 0. The Bertz CT molecular complexity index is 1080. The first kappa shape index (κ1) is 20.9. The lowest BCUT2D eigenvalue weighted by atomic mass is 10.2. The van der Waals surface area contributed by atoms with E-state index in [0.29, 0.717) is 16.4 Å². The fourth-order valence-electron chi connectivity index (χ4n) is 2.78. The number of anilines is 2. The minimum absolute atomic E-state index is 0.0673. The molecule has 0 saturated carbocycles. The number of carbonyl (C=O) groups is 1. The van der Waals surface area contributed by atoms with Gasteiger partial charge in [0.1, 0.15) is 6.54 Å². The Morgan fingerprint density at radius 2 is 1.45 bits per heavy atom. The van der Waals surface area contributed by atoms with Crippen LogP contribution in [0, 0.1) is 6.92 Å². The molecule has 0 aliphatic rings. The summed E-state index contributed by atoms with van der Waals surface area (Å²) in [6.45, 7) is 1.58. The van der Waals surface area contributed by atoms with E-state index in [4.69, 9.17) is 11.6 Å². The van der Waals surface area contributed by atoms with Gasteiger partial charge in [-0.2, -0.15) is 0 Å². The minimum atomic E-state index is -3.97. The third-order valence-corrected chi connectivity index (χ3v) is 6.56. The standard InChI is InChI=1S/C22H21ClN2O3S/c1-17-8-12-20(13-9-17)25(29(27,28)21-14-10-18(23)11-15-21)16-22(26)24(2)19-6-4-3-5-7-19/h3-15H,16H2,1-2H3. The predicted molar refractivity (Wildman–Crippen MR) is 117 cm³/mol. The van der Waals surface area contributed by atoms with E-state index in [1.54, 1.807) is 31.3 Å². The topological polar surface area (TPSA) is 57.7 Å². The largest absolute Gasteiger partial charge is 0.314 e. The minimum Gasteiger partial charge on any atom is -0.314 e. The summed E-state index contributed by atoms with van der Waals surface area (Å²) < 4.78 is 27.8. The van der Waals surface area contributed by atoms with Crippen LogP contribution >= 0.6 is 11.6 Å². The van der Waals surface area contributed by atoms with Gasteiger partial charge >= 0.3 is 0 Å². The Labute approximate surface area is 176 Å². The zero-order chi connectivity index (χ0) is 21.0. The first-order valence-electron chi connectivity index (χ1n) is 8.95. The van der Waals surface area contributed by atoms with Crippen molar-refractivity contribution < 1.29 is 13.2 Å². The van der Waals surface area contributed by atoms with Gasteiger partial charge in [0.2, 0.25) is 5.91 Å². The van der Waals surface area contributed by atoms with Crippen LogP contribution in [0.2, 0.25) is 5.02 Å². The molecule has 0 spiro atoms. The van der Waals surface area contributed by atoms with Crippen LogP contribution in [0.15, 0.2) is 83.8 Å². The van der Waals surface area contributed by atoms with Crippen molar-refractivity contribution in [2.75, 3.05) is 22.8 Å². The summed E-state index contributed by atoms with van der Waals surface area (Å²) in [5, 5.41) is 0.436. The molecule has 7 heteroatoms.